The summed E-state index contributed by atoms with van der Waals surface area (Å²) in [6, 6.07) is 12.5. The van der Waals surface area contributed by atoms with Crippen LogP contribution < -0.4 is 14.8 Å². The summed E-state index contributed by atoms with van der Waals surface area (Å²) in [5, 5.41) is 7.00. The number of amides is 1. The second kappa shape index (κ2) is 8.96. The zero-order valence-electron chi connectivity index (χ0n) is 16.9. The van der Waals surface area contributed by atoms with E-state index in [2.05, 4.69) is 15.5 Å². The lowest BCUT2D eigenvalue weighted by molar-refractivity contribution is 0.0858. The molecule has 1 fully saturated rings. The van der Waals surface area contributed by atoms with Gasteiger partial charge in [-0.25, -0.2) is 0 Å². The molecule has 30 heavy (non-hydrogen) atoms. The lowest BCUT2D eigenvalue weighted by atomic mass is 10.1. The van der Waals surface area contributed by atoms with Crippen molar-refractivity contribution >= 4 is 5.91 Å². The normalized spacial score (nSPS) is 15.7. The van der Waals surface area contributed by atoms with E-state index in [0.717, 1.165) is 19.4 Å². The number of hydrogen-bond acceptors (Lipinski definition) is 7. The fourth-order valence-electron chi connectivity index (χ4n) is 3.40. The largest absolute Gasteiger partial charge is 0.493 e. The maximum absolute atomic E-state index is 12.7. The first-order chi connectivity index (χ1) is 14.7. The molecule has 1 amide bonds. The van der Waals surface area contributed by atoms with Gasteiger partial charge in [-0.2, -0.15) is 4.98 Å². The van der Waals surface area contributed by atoms with Gasteiger partial charge in [-0.15, -0.1) is 0 Å². The average Bonchev–Trinajstić information content (AvgIpc) is 3.49. The van der Waals surface area contributed by atoms with Crippen molar-refractivity contribution in [2.75, 3.05) is 27.4 Å². The van der Waals surface area contributed by atoms with Crippen molar-refractivity contribution in [1.29, 1.82) is 0 Å². The molecule has 0 bridgehead atoms. The highest BCUT2D eigenvalue weighted by Gasteiger charge is 2.21. The Morgan fingerprint density at radius 1 is 1.17 bits per heavy atom. The highest BCUT2D eigenvalue weighted by atomic mass is 16.5. The van der Waals surface area contributed by atoms with E-state index in [-0.39, 0.29) is 17.9 Å². The first kappa shape index (κ1) is 19.9. The minimum atomic E-state index is -0.202. The Labute approximate surface area is 174 Å². The van der Waals surface area contributed by atoms with Crippen LogP contribution in [0, 0.1) is 0 Å². The van der Waals surface area contributed by atoms with Crippen LogP contribution in [0.15, 0.2) is 47.0 Å². The molecule has 0 spiro atoms. The number of benzene rings is 2. The second-order valence-electron chi connectivity index (χ2n) is 6.88. The summed E-state index contributed by atoms with van der Waals surface area (Å²) < 4.78 is 21.6. The third-order valence-corrected chi connectivity index (χ3v) is 4.98. The van der Waals surface area contributed by atoms with Gasteiger partial charge in [0.05, 0.1) is 31.5 Å². The first-order valence-electron chi connectivity index (χ1n) is 9.75. The van der Waals surface area contributed by atoms with Crippen LogP contribution in [0.1, 0.15) is 23.2 Å². The third kappa shape index (κ3) is 4.13. The number of nitrogens with zero attached hydrogens (tertiary/aromatic N) is 2. The SMILES string of the molecule is COc1ccc(-c2noc(-c3ccccc3C(=O)NC[C@H]3CCCO3)n2)cc1OC. The van der Waals surface area contributed by atoms with Crippen molar-refractivity contribution in [3.8, 4) is 34.3 Å². The van der Waals surface area contributed by atoms with Crippen molar-refractivity contribution in [3.05, 3.63) is 48.0 Å². The summed E-state index contributed by atoms with van der Waals surface area (Å²) in [7, 11) is 3.14. The van der Waals surface area contributed by atoms with Gasteiger partial charge in [-0.1, -0.05) is 17.3 Å². The molecule has 2 aromatic carbocycles. The van der Waals surface area contributed by atoms with E-state index in [4.69, 9.17) is 18.7 Å². The molecule has 0 aliphatic carbocycles. The zero-order chi connectivity index (χ0) is 20.9. The van der Waals surface area contributed by atoms with E-state index >= 15 is 0 Å². The van der Waals surface area contributed by atoms with Gasteiger partial charge < -0.3 is 24.1 Å². The monoisotopic (exact) mass is 409 g/mol. The Balaban J connectivity index is 1.57. The third-order valence-electron chi connectivity index (χ3n) is 4.98. The molecule has 1 aliphatic heterocycles. The Kier molecular flexibility index (Phi) is 5.94. The molecular formula is C22H23N3O5. The number of hydrogen-bond donors (Lipinski definition) is 1. The molecule has 0 radical (unpaired) electrons. The number of methoxy groups -OCH3 is 2. The molecule has 1 saturated heterocycles. The van der Waals surface area contributed by atoms with Gasteiger partial charge in [0.2, 0.25) is 5.82 Å². The standard InChI is InChI=1S/C22H23N3O5/c1-27-18-10-9-14(12-19(18)28-2)20-24-22(30-25-20)17-8-4-3-7-16(17)21(26)23-13-15-6-5-11-29-15/h3-4,7-10,12,15H,5-6,11,13H2,1-2H3,(H,23,26)/t15-/m1/s1. The number of nitrogens with one attached hydrogen (secondary N) is 1. The van der Waals surface area contributed by atoms with Gasteiger partial charge in [0, 0.05) is 18.7 Å². The van der Waals surface area contributed by atoms with Gasteiger partial charge in [0.25, 0.3) is 11.8 Å². The van der Waals surface area contributed by atoms with E-state index in [0.29, 0.717) is 40.6 Å². The smallest absolute Gasteiger partial charge is 0.259 e. The molecule has 1 aromatic heterocycles. The molecule has 2 heterocycles. The van der Waals surface area contributed by atoms with Crippen LogP contribution in [0.25, 0.3) is 22.8 Å². The lowest BCUT2D eigenvalue weighted by Crippen LogP contribution is -2.32. The minimum absolute atomic E-state index is 0.0705. The van der Waals surface area contributed by atoms with Crippen LogP contribution in [-0.4, -0.2) is 49.5 Å². The average molecular weight is 409 g/mol. The second-order valence-corrected chi connectivity index (χ2v) is 6.88. The van der Waals surface area contributed by atoms with Crippen LogP contribution in [0.3, 0.4) is 0 Å². The Hall–Kier alpha value is -3.39. The number of aromatic nitrogens is 2. The number of carbonyl (C=O) groups excluding carboxylic acids is 1. The van der Waals surface area contributed by atoms with Gasteiger partial charge in [0.1, 0.15) is 0 Å². The fourth-order valence-corrected chi connectivity index (χ4v) is 3.40. The van der Waals surface area contributed by atoms with Crippen molar-refractivity contribution in [3.63, 3.8) is 0 Å². The zero-order valence-corrected chi connectivity index (χ0v) is 16.9. The summed E-state index contributed by atoms with van der Waals surface area (Å²) in [4.78, 5) is 17.2. The fraction of sp³-hybridized carbons (Fsp3) is 0.318. The van der Waals surface area contributed by atoms with Gasteiger partial charge >= 0.3 is 0 Å². The molecule has 0 saturated carbocycles. The van der Waals surface area contributed by atoms with Crippen LogP contribution in [0.5, 0.6) is 11.5 Å². The molecule has 156 valence electrons. The van der Waals surface area contributed by atoms with Gasteiger partial charge in [-0.05, 0) is 43.2 Å². The van der Waals surface area contributed by atoms with Crippen LogP contribution in [0.2, 0.25) is 0 Å². The molecule has 1 atom stereocenters. The number of rotatable bonds is 7. The van der Waals surface area contributed by atoms with Gasteiger partial charge in [-0.3, -0.25) is 4.79 Å². The summed E-state index contributed by atoms with van der Waals surface area (Å²) in [6.45, 7) is 1.23. The molecule has 1 N–H and O–H groups in total. The Morgan fingerprint density at radius 3 is 2.77 bits per heavy atom. The molecule has 0 unspecified atom stereocenters. The maximum atomic E-state index is 12.7. The number of carbonyl (C=O) groups is 1. The van der Waals surface area contributed by atoms with E-state index in [9.17, 15) is 4.79 Å². The van der Waals surface area contributed by atoms with Gasteiger partial charge in [0.15, 0.2) is 11.5 Å². The van der Waals surface area contributed by atoms with E-state index in [1.807, 2.05) is 12.1 Å². The maximum Gasteiger partial charge on any atom is 0.259 e. The predicted molar refractivity (Wildman–Crippen MR) is 110 cm³/mol. The summed E-state index contributed by atoms with van der Waals surface area (Å²) in [5.74, 6) is 1.63. The number of ether oxygens (including phenoxy) is 3. The summed E-state index contributed by atoms with van der Waals surface area (Å²) in [6.07, 6.45) is 2.05. The Bertz CT molecular complexity index is 1030. The lowest BCUT2D eigenvalue weighted by Gasteiger charge is -2.12. The topological polar surface area (TPSA) is 95.7 Å². The molecule has 4 rings (SSSR count). The quantitative estimate of drug-likeness (QED) is 0.639. The Morgan fingerprint density at radius 2 is 2.00 bits per heavy atom. The predicted octanol–water partition coefficient (Wildman–Crippen LogP) is 3.33. The highest BCUT2D eigenvalue weighted by molar-refractivity contribution is 6.00. The first-order valence-corrected chi connectivity index (χ1v) is 9.75. The van der Waals surface area contributed by atoms with Crippen LogP contribution in [0.4, 0.5) is 0 Å². The van der Waals surface area contributed by atoms with E-state index < -0.39 is 0 Å². The van der Waals surface area contributed by atoms with Crippen LogP contribution >= 0.6 is 0 Å². The van der Waals surface area contributed by atoms with Crippen molar-refractivity contribution in [2.24, 2.45) is 0 Å². The van der Waals surface area contributed by atoms with E-state index in [1.165, 1.54) is 0 Å². The molecule has 3 aromatic rings. The molecular weight excluding hydrogens is 386 g/mol. The molecule has 8 nitrogen and oxygen atoms in total. The minimum Gasteiger partial charge on any atom is -0.493 e. The van der Waals surface area contributed by atoms with E-state index in [1.54, 1.807) is 44.6 Å². The summed E-state index contributed by atoms with van der Waals surface area (Å²) in [5.41, 5.74) is 1.75. The van der Waals surface area contributed by atoms with Crippen molar-refractivity contribution < 1.29 is 23.5 Å². The summed E-state index contributed by atoms with van der Waals surface area (Å²) >= 11 is 0. The highest BCUT2D eigenvalue weighted by Crippen LogP contribution is 2.32. The van der Waals surface area contributed by atoms with Crippen molar-refractivity contribution in [2.45, 2.75) is 18.9 Å². The van der Waals surface area contributed by atoms with Crippen molar-refractivity contribution in [1.82, 2.24) is 15.5 Å². The van der Waals surface area contributed by atoms with Crippen LogP contribution in [-0.2, 0) is 4.74 Å². The molecule has 8 heteroatoms. The molecule has 1 aliphatic rings.